The molecule has 1 aromatic rings. The van der Waals surface area contributed by atoms with Crippen molar-refractivity contribution in [2.24, 2.45) is 0 Å². The molecular weight excluding hydrogens is 214 g/mol. The summed E-state index contributed by atoms with van der Waals surface area (Å²) in [4.78, 5) is 14.0. The molecule has 92 valence electrons. The molecule has 2 unspecified atom stereocenters. The van der Waals surface area contributed by atoms with Crippen molar-refractivity contribution in [2.45, 2.75) is 57.7 Å². The maximum absolute atomic E-state index is 11.6. The Kier molecular flexibility index (Phi) is 2.45. The van der Waals surface area contributed by atoms with Gasteiger partial charge in [0.15, 0.2) is 0 Å². The number of Topliss-reactive ketones (excluding diaryl/α,β-unsaturated/α-hetero) is 1. The van der Waals surface area contributed by atoms with E-state index in [9.17, 15) is 4.79 Å². The van der Waals surface area contributed by atoms with E-state index in [1.165, 1.54) is 5.69 Å². The Balaban J connectivity index is 1.86. The number of anilines is 1. The fourth-order valence-electron chi connectivity index (χ4n) is 3.14. The maximum Gasteiger partial charge on any atom is 0.137 e. The molecule has 0 aliphatic carbocycles. The SMILES string of the molecule is CC(C)n1cc(N2C3CCC2CC(=O)C3)cn1. The molecule has 1 aromatic heterocycles. The van der Waals surface area contributed by atoms with Crippen molar-refractivity contribution >= 4 is 11.5 Å². The number of fused-ring (bicyclic) bond motifs is 2. The van der Waals surface area contributed by atoms with Gasteiger partial charge in [-0.05, 0) is 26.7 Å². The quantitative estimate of drug-likeness (QED) is 0.785. The highest BCUT2D eigenvalue weighted by atomic mass is 16.1. The van der Waals surface area contributed by atoms with Crippen molar-refractivity contribution in [2.75, 3.05) is 4.90 Å². The average molecular weight is 233 g/mol. The van der Waals surface area contributed by atoms with Crippen LogP contribution in [-0.2, 0) is 4.79 Å². The first-order valence-electron chi connectivity index (χ1n) is 6.49. The van der Waals surface area contributed by atoms with Gasteiger partial charge in [0.25, 0.3) is 0 Å². The summed E-state index contributed by atoms with van der Waals surface area (Å²) in [5.41, 5.74) is 1.19. The summed E-state index contributed by atoms with van der Waals surface area (Å²) in [5.74, 6) is 0.435. The van der Waals surface area contributed by atoms with E-state index in [-0.39, 0.29) is 0 Å². The minimum atomic E-state index is 0.396. The summed E-state index contributed by atoms with van der Waals surface area (Å²) in [5, 5.41) is 4.40. The summed E-state index contributed by atoms with van der Waals surface area (Å²) in [6, 6.07) is 1.24. The lowest BCUT2D eigenvalue weighted by Gasteiger charge is -2.34. The third kappa shape index (κ3) is 1.75. The van der Waals surface area contributed by atoms with E-state index < -0.39 is 0 Å². The van der Waals surface area contributed by atoms with Gasteiger partial charge in [-0.3, -0.25) is 9.48 Å². The molecule has 2 aliphatic rings. The first kappa shape index (κ1) is 10.8. The minimum Gasteiger partial charge on any atom is -0.362 e. The van der Waals surface area contributed by atoms with Gasteiger partial charge in [-0.25, -0.2) is 0 Å². The zero-order chi connectivity index (χ0) is 12.0. The van der Waals surface area contributed by atoms with Crippen molar-refractivity contribution in [1.29, 1.82) is 0 Å². The second kappa shape index (κ2) is 3.86. The van der Waals surface area contributed by atoms with Gasteiger partial charge in [0.2, 0.25) is 0 Å². The van der Waals surface area contributed by atoms with Crippen molar-refractivity contribution in [3.8, 4) is 0 Å². The van der Waals surface area contributed by atoms with Crippen LogP contribution in [0.5, 0.6) is 0 Å². The molecule has 4 heteroatoms. The van der Waals surface area contributed by atoms with Gasteiger partial charge >= 0.3 is 0 Å². The molecule has 2 atom stereocenters. The number of nitrogens with zero attached hydrogens (tertiary/aromatic N) is 3. The standard InChI is InChI=1S/C13H19N3O/c1-9(2)15-8-12(7-14-15)16-10-3-4-11(16)6-13(17)5-10/h7-11H,3-6H2,1-2H3. The van der Waals surface area contributed by atoms with Crippen LogP contribution in [0.2, 0.25) is 0 Å². The van der Waals surface area contributed by atoms with Crippen molar-refractivity contribution in [3.05, 3.63) is 12.4 Å². The predicted molar refractivity (Wildman–Crippen MR) is 66.1 cm³/mol. The number of hydrogen-bond donors (Lipinski definition) is 0. The smallest absolute Gasteiger partial charge is 0.137 e. The highest BCUT2D eigenvalue weighted by Gasteiger charge is 2.40. The topological polar surface area (TPSA) is 38.1 Å². The third-order valence-corrected chi connectivity index (χ3v) is 3.96. The number of piperidine rings is 1. The van der Waals surface area contributed by atoms with Crippen molar-refractivity contribution < 1.29 is 4.79 Å². The first-order valence-corrected chi connectivity index (χ1v) is 6.49. The molecule has 4 nitrogen and oxygen atoms in total. The number of aromatic nitrogens is 2. The molecule has 3 rings (SSSR count). The highest BCUT2D eigenvalue weighted by Crippen LogP contribution is 2.37. The van der Waals surface area contributed by atoms with Crippen molar-refractivity contribution in [3.63, 3.8) is 0 Å². The van der Waals surface area contributed by atoms with Gasteiger partial charge in [0.05, 0.1) is 11.9 Å². The molecule has 3 heterocycles. The molecule has 0 radical (unpaired) electrons. The lowest BCUT2D eigenvalue weighted by molar-refractivity contribution is -0.120. The molecular formula is C13H19N3O. The number of hydrogen-bond acceptors (Lipinski definition) is 3. The first-order chi connectivity index (χ1) is 8.15. The van der Waals surface area contributed by atoms with Crippen LogP contribution >= 0.6 is 0 Å². The Morgan fingerprint density at radius 1 is 1.29 bits per heavy atom. The molecule has 2 bridgehead atoms. The molecule has 0 aromatic carbocycles. The van der Waals surface area contributed by atoms with E-state index in [2.05, 4.69) is 30.0 Å². The largest absolute Gasteiger partial charge is 0.362 e. The van der Waals surface area contributed by atoms with E-state index >= 15 is 0 Å². The third-order valence-electron chi connectivity index (χ3n) is 3.96. The minimum absolute atomic E-state index is 0.396. The van der Waals surface area contributed by atoms with Crippen molar-refractivity contribution in [1.82, 2.24) is 9.78 Å². The summed E-state index contributed by atoms with van der Waals surface area (Å²) < 4.78 is 1.99. The summed E-state index contributed by atoms with van der Waals surface area (Å²) >= 11 is 0. The van der Waals surface area contributed by atoms with Gasteiger partial charge in [-0.1, -0.05) is 0 Å². The van der Waals surface area contributed by atoms with Gasteiger partial charge in [-0.2, -0.15) is 5.10 Å². The number of rotatable bonds is 2. The van der Waals surface area contributed by atoms with E-state index in [4.69, 9.17) is 0 Å². The Labute approximate surface area is 102 Å². The average Bonchev–Trinajstić information content (AvgIpc) is 2.82. The predicted octanol–water partition coefficient (Wildman–Crippen LogP) is 2.16. The van der Waals surface area contributed by atoms with Gasteiger partial charge in [-0.15, -0.1) is 0 Å². The molecule has 0 N–H and O–H groups in total. The summed E-state index contributed by atoms with van der Waals surface area (Å²) in [6.07, 6.45) is 7.83. The van der Waals surface area contributed by atoms with Crippen LogP contribution in [0.15, 0.2) is 12.4 Å². The van der Waals surface area contributed by atoms with E-state index in [0.717, 1.165) is 25.7 Å². The van der Waals surface area contributed by atoms with Crippen LogP contribution in [0.4, 0.5) is 5.69 Å². The fraction of sp³-hybridized carbons (Fsp3) is 0.692. The van der Waals surface area contributed by atoms with E-state index in [0.29, 0.717) is 23.9 Å². The zero-order valence-electron chi connectivity index (χ0n) is 10.5. The Bertz CT molecular complexity index is 422. The zero-order valence-corrected chi connectivity index (χ0v) is 10.5. The van der Waals surface area contributed by atoms with Crippen LogP contribution in [-0.4, -0.2) is 27.6 Å². The summed E-state index contributed by atoms with van der Waals surface area (Å²) in [7, 11) is 0. The normalized spacial score (nSPS) is 28.2. The molecule has 0 amide bonds. The lowest BCUT2D eigenvalue weighted by Crippen LogP contribution is -2.43. The van der Waals surface area contributed by atoms with Gasteiger partial charge < -0.3 is 4.90 Å². The van der Waals surface area contributed by atoms with Gasteiger partial charge in [0, 0.05) is 37.2 Å². The number of carbonyl (C=O) groups is 1. The second-order valence-corrected chi connectivity index (χ2v) is 5.51. The van der Waals surface area contributed by atoms with Crippen LogP contribution in [0.1, 0.15) is 45.6 Å². The van der Waals surface area contributed by atoms with Crippen LogP contribution < -0.4 is 4.90 Å². The molecule has 17 heavy (non-hydrogen) atoms. The Hall–Kier alpha value is -1.32. The maximum atomic E-state index is 11.6. The fourth-order valence-corrected chi connectivity index (χ4v) is 3.14. The Morgan fingerprint density at radius 3 is 2.47 bits per heavy atom. The molecule has 2 fully saturated rings. The summed E-state index contributed by atoms with van der Waals surface area (Å²) in [6.45, 7) is 4.26. The molecule has 2 aliphatic heterocycles. The van der Waals surface area contributed by atoms with Crippen LogP contribution in [0.3, 0.4) is 0 Å². The molecule has 2 saturated heterocycles. The number of carbonyl (C=O) groups excluding carboxylic acids is 1. The second-order valence-electron chi connectivity index (χ2n) is 5.51. The van der Waals surface area contributed by atoms with E-state index in [1.54, 1.807) is 0 Å². The monoisotopic (exact) mass is 233 g/mol. The van der Waals surface area contributed by atoms with Crippen LogP contribution in [0.25, 0.3) is 0 Å². The molecule has 0 spiro atoms. The van der Waals surface area contributed by atoms with Gasteiger partial charge in [0.1, 0.15) is 5.78 Å². The van der Waals surface area contributed by atoms with Crippen LogP contribution in [0, 0.1) is 0 Å². The highest BCUT2D eigenvalue weighted by molar-refractivity contribution is 5.83. The lowest BCUT2D eigenvalue weighted by atomic mass is 10.0. The Morgan fingerprint density at radius 2 is 1.94 bits per heavy atom. The molecule has 0 saturated carbocycles. The van der Waals surface area contributed by atoms with E-state index in [1.807, 2.05) is 10.9 Å². The number of ketones is 1.